The summed E-state index contributed by atoms with van der Waals surface area (Å²) in [5, 5.41) is 10.6. The zero-order chi connectivity index (χ0) is 15.5. The van der Waals surface area contributed by atoms with Crippen LogP contribution >= 0.6 is 0 Å². The van der Waals surface area contributed by atoms with Crippen molar-refractivity contribution in [3.8, 4) is 11.5 Å². The van der Waals surface area contributed by atoms with Crippen LogP contribution in [0, 0.1) is 5.82 Å². The van der Waals surface area contributed by atoms with Crippen molar-refractivity contribution in [3.05, 3.63) is 59.4 Å². The maximum atomic E-state index is 13.8. The third-order valence-corrected chi connectivity index (χ3v) is 3.45. The number of aliphatic hydroxyl groups is 1. The van der Waals surface area contributed by atoms with E-state index in [4.69, 9.17) is 9.47 Å². The molecule has 4 heteroatoms. The van der Waals surface area contributed by atoms with Crippen molar-refractivity contribution in [2.75, 3.05) is 14.2 Å². The van der Waals surface area contributed by atoms with Crippen molar-refractivity contribution >= 4 is 0 Å². The molecule has 0 fully saturated rings. The molecule has 0 saturated heterocycles. The van der Waals surface area contributed by atoms with E-state index in [2.05, 4.69) is 0 Å². The van der Waals surface area contributed by atoms with Crippen molar-refractivity contribution in [1.82, 2.24) is 0 Å². The number of benzene rings is 2. The van der Waals surface area contributed by atoms with Crippen LogP contribution < -0.4 is 9.47 Å². The molecule has 1 atom stereocenters. The number of halogens is 1. The maximum Gasteiger partial charge on any atom is 0.160 e. The zero-order valence-corrected chi connectivity index (χ0v) is 12.4. The third kappa shape index (κ3) is 3.34. The van der Waals surface area contributed by atoms with Crippen LogP contribution in [-0.2, 0) is 12.0 Å². The molecule has 2 aromatic rings. The predicted octanol–water partition coefficient (Wildman–Crippen LogP) is 3.29. The molecular weight excluding hydrogens is 271 g/mol. The Kier molecular flexibility index (Phi) is 4.48. The van der Waals surface area contributed by atoms with Crippen LogP contribution in [0.2, 0.25) is 0 Å². The standard InChI is InChI=1S/C17H19FO3/c1-17(19,13-6-4-5-7-14(13)18)11-12-8-9-15(20-2)16(10-12)21-3/h4-10,19H,11H2,1-3H3. The minimum Gasteiger partial charge on any atom is -0.493 e. The largest absolute Gasteiger partial charge is 0.493 e. The Balaban J connectivity index is 2.30. The lowest BCUT2D eigenvalue weighted by Crippen LogP contribution is -2.25. The van der Waals surface area contributed by atoms with Gasteiger partial charge in [0.15, 0.2) is 11.5 Å². The van der Waals surface area contributed by atoms with E-state index < -0.39 is 11.4 Å². The Morgan fingerprint density at radius 3 is 2.33 bits per heavy atom. The normalized spacial score (nSPS) is 13.6. The molecule has 0 amide bonds. The second kappa shape index (κ2) is 6.14. The fourth-order valence-corrected chi connectivity index (χ4v) is 2.38. The minimum atomic E-state index is -1.30. The van der Waals surface area contributed by atoms with Crippen LogP contribution in [0.25, 0.3) is 0 Å². The van der Waals surface area contributed by atoms with Crippen LogP contribution in [-0.4, -0.2) is 19.3 Å². The van der Waals surface area contributed by atoms with Gasteiger partial charge in [0.1, 0.15) is 5.82 Å². The van der Waals surface area contributed by atoms with Gasteiger partial charge in [-0.15, -0.1) is 0 Å². The van der Waals surface area contributed by atoms with E-state index in [-0.39, 0.29) is 12.0 Å². The molecule has 0 aliphatic heterocycles. The molecular formula is C17H19FO3. The van der Waals surface area contributed by atoms with Gasteiger partial charge in [0.25, 0.3) is 0 Å². The summed E-state index contributed by atoms with van der Waals surface area (Å²) < 4.78 is 24.3. The van der Waals surface area contributed by atoms with Crippen LogP contribution in [0.15, 0.2) is 42.5 Å². The van der Waals surface area contributed by atoms with Gasteiger partial charge in [-0.05, 0) is 30.7 Å². The molecule has 1 N–H and O–H groups in total. The third-order valence-electron chi connectivity index (χ3n) is 3.45. The minimum absolute atomic E-state index is 0.272. The molecule has 0 heterocycles. The van der Waals surface area contributed by atoms with Gasteiger partial charge < -0.3 is 14.6 Å². The summed E-state index contributed by atoms with van der Waals surface area (Å²) >= 11 is 0. The second-order valence-corrected chi connectivity index (χ2v) is 5.12. The van der Waals surface area contributed by atoms with Crippen molar-refractivity contribution in [2.45, 2.75) is 18.9 Å². The SMILES string of the molecule is COc1ccc(CC(C)(O)c2ccccc2F)cc1OC. The molecule has 0 bridgehead atoms. The van der Waals surface area contributed by atoms with Gasteiger partial charge in [-0.3, -0.25) is 0 Å². The molecule has 2 aromatic carbocycles. The fourth-order valence-electron chi connectivity index (χ4n) is 2.38. The number of hydrogen-bond acceptors (Lipinski definition) is 3. The summed E-state index contributed by atoms with van der Waals surface area (Å²) in [6, 6.07) is 11.6. The molecule has 2 rings (SSSR count). The average Bonchev–Trinajstić information content (AvgIpc) is 2.47. The molecule has 0 aromatic heterocycles. The monoisotopic (exact) mass is 290 g/mol. The zero-order valence-electron chi connectivity index (χ0n) is 12.4. The Labute approximate surface area is 124 Å². The van der Waals surface area contributed by atoms with Crippen LogP contribution in [0.5, 0.6) is 11.5 Å². The van der Waals surface area contributed by atoms with Crippen molar-refractivity contribution in [3.63, 3.8) is 0 Å². The molecule has 0 radical (unpaired) electrons. The quantitative estimate of drug-likeness (QED) is 0.918. The number of methoxy groups -OCH3 is 2. The first-order valence-corrected chi connectivity index (χ1v) is 6.66. The van der Waals surface area contributed by atoms with E-state index in [1.54, 1.807) is 51.5 Å². The summed E-state index contributed by atoms with van der Waals surface area (Å²) in [5.41, 5.74) is -0.189. The summed E-state index contributed by atoms with van der Waals surface area (Å²) in [4.78, 5) is 0. The number of rotatable bonds is 5. The highest BCUT2D eigenvalue weighted by molar-refractivity contribution is 5.43. The van der Waals surface area contributed by atoms with Gasteiger partial charge in [0.05, 0.1) is 19.8 Å². The smallest absolute Gasteiger partial charge is 0.160 e. The van der Waals surface area contributed by atoms with Crippen molar-refractivity contribution < 1.29 is 19.0 Å². The Bertz CT molecular complexity index is 623. The Morgan fingerprint density at radius 1 is 1.05 bits per heavy atom. The molecule has 112 valence electrons. The van der Waals surface area contributed by atoms with Gasteiger partial charge in [-0.2, -0.15) is 0 Å². The van der Waals surface area contributed by atoms with Crippen molar-refractivity contribution in [1.29, 1.82) is 0 Å². The molecule has 0 spiro atoms. The van der Waals surface area contributed by atoms with E-state index in [9.17, 15) is 9.50 Å². The lowest BCUT2D eigenvalue weighted by Gasteiger charge is -2.25. The lowest BCUT2D eigenvalue weighted by atomic mass is 9.88. The Morgan fingerprint density at radius 2 is 1.71 bits per heavy atom. The van der Waals surface area contributed by atoms with E-state index in [1.165, 1.54) is 6.07 Å². The molecule has 0 saturated carbocycles. The fraction of sp³-hybridized carbons (Fsp3) is 0.294. The maximum absolute atomic E-state index is 13.8. The first-order valence-electron chi connectivity index (χ1n) is 6.66. The lowest BCUT2D eigenvalue weighted by molar-refractivity contribution is 0.0537. The average molecular weight is 290 g/mol. The topological polar surface area (TPSA) is 38.7 Å². The highest BCUT2D eigenvalue weighted by atomic mass is 19.1. The van der Waals surface area contributed by atoms with Crippen LogP contribution in [0.1, 0.15) is 18.1 Å². The first kappa shape index (κ1) is 15.3. The molecule has 0 aliphatic carbocycles. The molecule has 0 aliphatic rings. The van der Waals surface area contributed by atoms with Gasteiger partial charge in [-0.25, -0.2) is 4.39 Å². The van der Waals surface area contributed by atoms with Crippen molar-refractivity contribution in [2.24, 2.45) is 0 Å². The van der Waals surface area contributed by atoms with E-state index in [0.717, 1.165) is 5.56 Å². The first-order chi connectivity index (χ1) is 9.97. The second-order valence-electron chi connectivity index (χ2n) is 5.12. The summed E-state index contributed by atoms with van der Waals surface area (Å²) in [7, 11) is 3.11. The van der Waals surface area contributed by atoms with Gasteiger partial charge in [0, 0.05) is 12.0 Å². The molecule has 3 nitrogen and oxygen atoms in total. The van der Waals surface area contributed by atoms with Gasteiger partial charge in [0.2, 0.25) is 0 Å². The summed E-state index contributed by atoms with van der Waals surface area (Å²) in [6.07, 6.45) is 0.272. The van der Waals surface area contributed by atoms with E-state index in [1.807, 2.05) is 6.07 Å². The highest BCUT2D eigenvalue weighted by Crippen LogP contribution is 2.32. The molecule has 1 unspecified atom stereocenters. The highest BCUT2D eigenvalue weighted by Gasteiger charge is 2.27. The predicted molar refractivity (Wildman–Crippen MR) is 79.2 cm³/mol. The Hall–Kier alpha value is -2.07. The van der Waals surface area contributed by atoms with Gasteiger partial charge >= 0.3 is 0 Å². The van der Waals surface area contributed by atoms with Gasteiger partial charge in [-0.1, -0.05) is 24.3 Å². The number of hydrogen-bond donors (Lipinski definition) is 1. The number of ether oxygens (including phenoxy) is 2. The van der Waals surface area contributed by atoms with Crippen LogP contribution in [0.3, 0.4) is 0 Å². The van der Waals surface area contributed by atoms with E-state index in [0.29, 0.717) is 11.5 Å². The molecule has 21 heavy (non-hydrogen) atoms. The van der Waals surface area contributed by atoms with E-state index >= 15 is 0 Å². The summed E-state index contributed by atoms with van der Waals surface area (Å²) in [6.45, 7) is 1.60. The summed E-state index contributed by atoms with van der Waals surface area (Å²) in [5.74, 6) is 0.786. The van der Waals surface area contributed by atoms with Crippen LogP contribution in [0.4, 0.5) is 4.39 Å².